The van der Waals surface area contributed by atoms with Crippen molar-refractivity contribution in [2.24, 2.45) is 0 Å². The van der Waals surface area contributed by atoms with E-state index in [0.29, 0.717) is 12.0 Å². The summed E-state index contributed by atoms with van der Waals surface area (Å²) in [5, 5.41) is 2.95. The van der Waals surface area contributed by atoms with Gasteiger partial charge in [-0.05, 0) is 62.6 Å². The van der Waals surface area contributed by atoms with Crippen LogP contribution >= 0.6 is 0 Å². The fourth-order valence-electron chi connectivity index (χ4n) is 3.40. The lowest BCUT2D eigenvalue weighted by molar-refractivity contribution is 0.0792. The molecule has 1 aromatic heterocycles. The van der Waals surface area contributed by atoms with Crippen molar-refractivity contribution >= 4 is 17.6 Å². The summed E-state index contributed by atoms with van der Waals surface area (Å²) in [6.07, 6.45) is 4.59. The lowest BCUT2D eigenvalue weighted by Crippen LogP contribution is -2.39. The molecule has 1 aromatic carbocycles. The maximum Gasteiger partial charge on any atom is 0.321 e. The SMILES string of the molecule is Cc1cc(C(=O)N2CCCC2)ccc1NC(=O)N(C)[C@H](C)Cc1ccccn1. The Labute approximate surface area is 166 Å². The third kappa shape index (κ3) is 4.68. The summed E-state index contributed by atoms with van der Waals surface area (Å²) < 4.78 is 0. The van der Waals surface area contributed by atoms with E-state index in [1.165, 1.54) is 0 Å². The van der Waals surface area contributed by atoms with E-state index in [0.717, 1.165) is 42.9 Å². The molecule has 2 heterocycles. The van der Waals surface area contributed by atoms with Crippen molar-refractivity contribution in [3.63, 3.8) is 0 Å². The van der Waals surface area contributed by atoms with Crippen molar-refractivity contribution in [1.29, 1.82) is 0 Å². The second-order valence-electron chi connectivity index (χ2n) is 7.44. The second kappa shape index (κ2) is 8.87. The van der Waals surface area contributed by atoms with Gasteiger partial charge in [-0.2, -0.15) is 0 Å². The third-order valence-corrected chi connectivity index (χ3v) is 5.32. The van der Waals surface area contributed by atoms with E-state index in [1.54, 1.807) is 24.2 Å². The monoisotopic (exact) mass is 380 g/mol. The number of anilines is 1. The first-order valence-corrected chi connectivity index (χ1v) is 9.79. The number of amides is 3. The van der Waals surface area contributed by atoms with Crippen molar-refractivity contribution in [2.45, 2.75) is 39.2 Å². The molecular formula is C22H28N4O2. The first-order valence-electron chi connectivity index (χ1n) is 9.79. The molecule has 2 aromatic rings. The van der Waals surface area contributed by atoms with Crippen LogP contribution in [0.4, 0.5) is 10.5 Å². The fraction of sp³-hybridized carbons (Fsp3) is 0.409. The Morgan fingerprint density at radius 3 is 2.61 bits per heavy atom. The molecule has 148 valence electrons. The van der Waals surface area contributed by atoms with Gasteiger partial charge in [-0.1, -0.05) is 6.07 Å². The lowest BCUT2D eigenvalue weighted by atomic mass is 10.1. The van der Waals surface area contributed by atoms with E-state index in [4.69, 9.17) is 0 Å². The van der Waals surface area contributed by atoms with E-state index < -0.39 is 0 Å². The number of hydrogen-bond acceptors (Lipinski definition) is 3. The molecule has 0 unspecified atom stereocenters. The largest absolute Gasteiger partial charge is 0.339 e. The highest BCUT2D eigenvalue weighted by Gasteiger charge is 2.21. The highest BCUT2D eigenvalue weighted by atomic mass is 16.2. The molecule has 1 saturated heterocycles. The van der Waals surface area contributed by atoms with Gasteiger partial charge in [-0.3, -0.25) is 9.78 Å². The molecule has 1 fully saturated rings. The first-order chi connectivity index (χ1) is 13.5. The minimum absolute atomic E-state index is 0.00576. The average Bonchev–Trinajstić information content (AvgIpc) is 3.23. The van der Waals surface area contributed by atoms with Crippen molar-refractivity contribution in [3.8, 4) is 0 Å². The van der Waals surface area contributed by atoms with Gasteiger partial charge in [0.15, 0.2) is 0 Å². The smallest absolute Gasteiger partial charge is 0.321 e. The molecular weight excluding hydrogens is 352 g/mol. The molecule has 3 rings (SSSR count). The number of likely N-dealkylation sites (tertiary alicyclic amines) is 1. The Balaban J connectivity index is 1.62. The molecule has 3 amide bonds. The van der Waals surface area contributed by atoms with Crippen molar-refractivity contribution in [3.05, 3.63) is 59.4 Å². The molecule has 1 aliphatic heterocycles. The number of carbonyl (C=O) groups excluding carboxylic acids is 2. The highest BCUT2D eigenvalue weighted by molar-refractivity contribution is 5.96. The molecule has 28 heavy (non-hydrogen) atoms. The van der Waals surface area contributed by atoms with Crippen LogP contribution in [0.5, 0.6) is 0 Å². The number of carbonyl (C=O) groups is 2. The van der Waals surface area contributed by atoms with Crippen molar-refractivity contribution in [1.82, 2.24) is 14.8 Å². The summed E-state index contributed by atoms with van der Waals surface area (Å²) in [6, 6.07) is 11.1. The van der Waals surface area contributed by atoms with E-state index in [9.17, 15) is 9.59 Å². The van der Waals surface area contributed by atoms with Crippen LogP contribution in [-0.4, -0.2) is 52.9 Å². The quantitative estimate of drug-likeness (QED) is 0.860. The van der Waals surface area contributed by atoms with Crippen LogP contribution < -0.4 is 5.32 Å². The number of nitrogens with zero attached hydrogens (tertiary/aromatic N) is 3. The lowest BCUT2D eigenvalue weighted by Gasteiger charge is -2.25. The van der Waals surface area contributed by atoms with Gasteiger partial charge in [-0.15, -0.1) is 0 Å². The molecule has 1 N–H and O–H groups in total. The topological polar surface area (TPSA) is 65.5 Å². The summed E-state index contributed by atoms with van der Waals surface area (Å²) in [5.41, 5.74) is 3.23. The molecule has 0 bridgehead atoms. The number of pyridine rings is 1. The molecule has 0 spiro atoms. The first kappa shape index (κ1) is 19.9. The van der Waals surface area contributed by atoms with Crippen LogP contribution in [-0.2, 0) is 6.42 Å². The zero-order chi connectivity index (χ0) is 20.1. The Kier molecular flexibility index (Phi) is 6.29. The number of urea groups is 1. The van der Waals surface area contributed by atoms with E-state index in [-0.39, 0.29) is 18.0 Å². The van der Waals surface area contributed by atoms with Gasteiger partial charge in [0, 0.05) is 55.7 Å². The standard InChI is InChI=1S/C22H28N4O2/c1-16-14-18(21(27)26-12-6-7-13-26)9-10-20(16)24-22(28)25(3)17(2)15-19-8-4-5-11-23-19/h4-5,8-11,14,17H,6-7,12-13,15H2,1-3H3,(H,24,28)/t17-/m1/s1. The minimum atomic E-state index is -0.176. The molecule has 0 saturated carbocycles. The van der Waals surface area contributed by atoms with Crippen LogP contribution in [0.1, 0.15) is 41.4 Å². The van der Waals surface area contributed by atoms with Gasteiger partial charge < -0.3 is 15.1 Å². The number of nitrogens with one attached hydrogen (secondary N) is 1. The van der Waals surface area contributed by atoms with Gasteiger partial charge in [0.25, 0.3) is 5.91 Å². The number of rotatable bonds is 5. The Morgan fingerprint density at radius 2 is 1.96 bits per heavy atom. The molecule has 1 atom stereocenters. The van der Waals surface area contributed by atoms with Gasteiger partial charge >= 0.3 is 6.03 Å². The number of aryl methyl sites for hydroxylation is 1. The van der Waals surface area contributed by atoms with E-state index in [1.807, 2.05) is 49.1 Å². The molecule has 1 aliphatic rings. The Morgan fingerprint density at radius 1 is 1.21 bits per heavy atom. The summed E-state index contributed by atoms with van der Waals surface area (Å²) in [6.45, 7) is 5.57. The Hall–Kier alpha value is -2.89. The normalized spacial score (nSPS) is 14.6. The molecule has 0 radical (unpaired) electrons. The number of benzene rings is 1. The number of hydrogen-bond donors (Lipinski definition) is 1. The predicted molar refractivity (Wildman–Crippen MR) is 111 cm³/mol. The zero-order valence-corrected chi connectivity index (χ0v) is 16.8. The Bertz CT molecular complexity index is 832. The second-order valence-corrected chi connectivity index (χ2v) is 7.44. The molecule has 6 heteroatoms. The maximum atomic E-state index is 12.6. The van der Waals surface area contributed by atoms with Crippen LogP contribution in [0, 0.1) is 6.92 Å². The third-order valence-electron chi connectivity index (χ3n) is 5.32. The van der Waals surface area contributed by atoms with Gasteiger partial charge in [-0.25, -0.2) is 4.79 Å². The minimum Gasteiger partial charge on any atom is -0.339 e. The van der Waals surface area contributed by atoms with Crippen LogP contribution in [0.2, 0.25) is 0 Å². The van der Waals surface area contributed by atoms with Crippen LogP contribution in [0.15, 0.2) is 42.6 Å². The van der Waals surface area contributed by atoms with Gasteiger partial charge in [0.05, 0.1) is 0 Å². The maximum absolute atomic E-state index is 12.6. The highest BCUT2D eigenvalue weighted by Crippen LogP contribution is 2.20. The van der Waals surface area contributed by atoms with Crippen LogP contribution in [0.25, 0.3) is 0 Å². The summed E-state index contributed by atoms with van der Waals surface area (Å²) in [7, 11) is 1.78. The predicted octanol–water partition coefficient (Wildman–Crippen LogP) is 3.72. The van der Waals surface area contributed by atoms with E-state index in [2.05, 4.69) is 10.3 Å². The fourth-order valence-corrected chi connectivity index (χ4v) is 3.40. The van der Waals surface area contributed by atoms with Crippen LogP contribution in [0.3, 0.4) is 0 Å². The molecule has 0 aliphatic carbocycles. The molecule has 6 nitrogen and oxygen atoms in total. The summed E-state index contributed by atoms with van der Waals surface area (Å²) >= 11 is 0. The van der Waals surface area contributed by atoms with Crippen molar-refractivity contribution in [2.75, 3.05) is 25.5 Å². The number of likely N-dealkylation sites (N-methyl/N-ethyl adjacent to an activating group) is 1. The van der Waals surface area contributed by atoms with E-state index >= 15 is 0 Å². The average molecular weight is 380 g/mol. The van der Waals surface area contributed by atoms with Gasteiger partial charge in [0.2, 0.25) is 0 Å². The van der Waals surface area contributed by atoms with Gasteiger partial charge in [0.1, 0.15) is 0 Å². The summed E-state index contributed by atoms with van der Waals surface area (Å²) in [5.74, 6) is 0.0691. The summed E-state index contributed by atoms with van der Waals surface area (Å²) in [4.78, 5) is 33.1. The zero-order valence-electron chi connectivity index (χ0n) is 16.8. The number of aromatic nitrogens is 1. The van der Waals surface area contributed by atoms with Crippen molar-refractivity contribution < 1.29 is 9.59 Å².